The highest BCUT2D eigenvalue weighted by Crippen LogP contribution is 2.13. The highest BCUT2D eigenvalue weighted by atomic mass is 16.3. The Morgan fingerprint density at radius 3 is 1.15 bits per heavy atom. The maximum absolute atomic E-state index is 8.95. The number of aliphatic hydroxyl groups is 2. The summed E-state index contributed by atoms with van der Waals surface area (Å²) in [6, 6.07) is 0. The highest BCUT2D eigenvalue weighted by molar-refractivity contribution is 4.77. The molecule has 0 fully saturated rings. The third kappa shape index (κ3) is 17.5. The van der Waals surface area contributed by atoms with Gasteiger partial charge < -0.3 is 10.2 Å². The minimum Gasteiger partial charge on any atom is -0.513 e. The van der Waals surface area contributed by atoms with E-state index in [1.165, 1.54) is 77.0 Å². The standard InChI is InChI=1S/C18H36O2/c1-18(20)16-14-12-10-8-6-4-2-3-5-7-9-11-13-15-17-19/h19-20H,1-17H2. The molecule has 0 aromatic rings. The van der Waals surface area contributed by atoms with Gasteiger partial charge in [0.05, 0.1) is 5.76 Å². The van der Waals surface area contributed by atoms with Crippen molar-refractivity contribution in [1.82, 2.24) is 0 Å². The van der Waals surface area contributed by atoms with Crippen LogP contribution in [-0.2, 0) is 0 Å². The molecule has 20 heavy (non-hydrogen) atoms. The lowest BCUT2D eigenvalue weighted by atomic mass is 10.0. The van der Waals surface area contributed by atoms with Gasteiger partial charge in [0.15, 0.2) is 0 Å². The molecule has 120 valence electrons. The van der Waals surface area contributed by atoms with Crippen LogP contribution >= 0.6 is 0 Å². The van der Waals surface area contributed by atoms with Crippen LogP contribution < -0.4 is 0 Å². The first-order valence-corrected chi connectivity index (χ1v) is 8.75. The molecular weight excluding hydrogens is 248 g/mol. The number of unbranched alkanes of at least 4 members (excludes halogenated alkanes) is 13. The van der Waals surface area contributed by atoms with Gasteiger partial charge in [-0.2, -0.15) is 0 Å². The molecule has 0 atom stereocenters. The smallest absolute Gasteiger partial charge is 0.0851 e. The van der Waals surface area contributed by atoms with Crippen molar-refractivity contribution in [3.8, 4) is 0 Å². The van der Waals surface area contributed by atoms with Gasteiger partial charge in [-0.1, -0.05) is 83.6 Å². The average Bonchev–Trinajstić information content (AvgIpc) is 2.43. The second-order valence-electron chi connectivity index (χ2n) is 5.99. The van der Waals surface area contributed by atoms with E-state index in [1.54, 1.807) is 0 Å². The van der Waals surface area contributed by atoms with E-state index in [4.69, 9.17) is 10.2 Å². The Labute approximate surface area is 126 Å². The van der Waals surface area contributed by atoms with Crippen LogP contribution in [0.15, 0.2) is 12.3 Å². The van der Waals surface area contributed by atoms with Gasteiger partial charge in [-0.3, -0.25) is 0 Å². The number of hydrogen-bond acceptors (Lipinski definition) is 2. The molecule has 2 nitrogen and oxygen atoms in total. The van der Waals surface area contributed by atoms with Crippen LogP contribution in [0.4, 0.5) is 0 Å². The molecule has 0 amide bonds. The fraction of sp³-hybridized carbons (Fsp3) is 0.889. The topological polar surface area (TPSA) is 40.5 Å². The highest BCUT2D eigenvalue weighted by Gasteiger charge is 1.95. The van der Waals surface area contributed by atoms with Gasteiger partial charge in [-0.05, 0) is 12.8 Å². The van der Waals surface area contributed by atoms with E-state index in [1.807, 2.05) is 0 Å². The van der Waals surface area contributed by atoms with Crippen LogP contribution in [0.3, 0.4) is 0 Å². The summed E-state index contributed by atoms with van der Waals surface area (Å²) in [5.74, 6) is 0.335. The van der Waals surface area contributed by atoms with E-state index in [2.05, 4.69) is 6.58 Å². The Kier molecular flexibility index (Phi) is 16.1. The first kappa shape index (κ1) is 19.5. The molecule has 0 aromatic carbocycles. The monoisotopic (exact) mass is 284 g/mol. The molecule has 0 aromatic heterocycles. The van der Waals surface area contributed by atoms with Crippen molar-refractivity contribution < 1.29 is 10.2 Å². The van der Waals surface area contributed by atoms with Crippen molar-refractivity contribution in [3.63, 3.8) is 0 Å². The number of hydrogen-bond donors (Lipinski definition) is 2. The molecule has 2 N–H and O–H groups in total. The van der Waals surface area contributed by atoms with Crippen molar-refractivity contribution in [2.24, 2.45) is 0 Å². The summed E-state index contributed by atoms with van der Waals surface area (Å²) in [5, 5.41) is 17.6. The Hall–Kier alpha value is -0.500. The predicted octanol–water partition coefficient (Wildman–Crippen LogP) is 5.90. The first-order valence-electron chi connectivity index (χ1n) is 8.75. The third-order valence-corrected chi connectivity index (χ3v) is 3.87. The molecule has 0 heterocycles. The molecule has 0 unspecified atom stereocenters. The molecule has 0 aliphatic heterocycles. The maximum atomic E-state index is 8.95. The van der Waals surface area contributed by atoms with Gasteiger partial charge in [-0.25, -0.2) is 0 Å². The third-order valence-electron chi connectivity index (χ3n) is 3.87. The van der Waals surface area contributed by atoms with E-state index < -0.39 is 0 Å². The zero-order valence-electron chi connectivity index (χ0n) is 13.4. The van der Waals surface area contributed by atoms with Crippen LogP contribution in [0.5, 0.6) is 0 Å². The summed E-state index contributed by atoms with van der Waals surface area (Å²) in [6.45, 7) is 3.86. The molecule has 0 saturated heterocycles. The zero-order valence-corrected chi connectivity index (χ0v) is 13.4. The van der Waals surface area contributed by atoms with Gasteiger partial charge in [0.2, 0.25) is 0 Å². The second-order valence-corrected chi connectivity index (χ2v) is 5.99. The van der Waals surface area contributed by atoms with Crippen LogP contribution in [0.1, 0.15) is 96.3 Å². The fourth-order valence-corrected chi connectivity index (χ4v) is 2.56. The molecule has 0 spiro atoms. The van der Waals surface area contributed by atoms with Crippen molar-refractivity contribution in [1.29, 1.82) is 0 Å². The second kappa shape index (κ2) is 16.6. The minimum absolute atomic E-state index is 0.335. The van der Waals surface area contributed by atoms with Gasteiger partial charge in [0.25, 0.3) is 0 Å². The lowest BCUT2D eigenvalue weighted by Crippen LogP contribution is -1.85. The summed E-state index contributed by atoms with van der Waals surface area (Å²) in [7, 11) is 0. The quantitative estimate of drug-likeness (QED) is 0.273. The van der Waals surface area contributed by atoms with Crippen molar-refractivity contribution >= 4 is 0 Å². The molecule has 2 heteroatoms. The van der Waals surface area contributed by atoms with Crippen LogP contribution in [0.25, 0.3) is 0 Å². The molecule has 0 bridgehead atoms. The molecule has 0 aliphatic rings. The Balaban J connectivity index is 2.94. The summed E-state index contributed by atoms with van der Waals surface area (Å²) in [4.78, 5) is 0. The maximum Gasteiger partial charge on any atom is 0.0851 e. The Morgan fingerprint density at radius 1 is 0.550 bits per heavy atom. The summed E-state index contributed by atoms with van der Waals surface area (Å²) in [6.07, 6.45) is 18.9. The summed E-state index contributed by atoms with van der Waals surface area (Å²) < 4.78 is 0. The Morgan fingerprint density at radius 2 is 0.850 bits per heavy atom. The molecular formula is C18H36O2. The molecule has 0 aliphatic carbocycles. The average molecular weight is 284 g/mol. The minimum atomic E-state index is 0.335. The largest absolute Gasteiger partial charge is 0.513 e. The molecule has 0 saturated carbocycles. The van der Waals surface area contributed by atoms with Crippen LogP contribution in [0, 0.1) is 0 Å². The lowest BCUT2D eigenvalue weighted by Gasteiger charge is -2.03. The van der Waals surface area contributed by atoms with E-state index >= 15 is 0 Å². The van der Waals surface area contributed by atoms with Gasteiger partial charge >= 0.3 is 0 Å². The van der Waals surface area contributed by atoms with E-state index in [0.717, 1.165) is 19.3 Å². The van der Waals surface area contributed by atoms with Crippen molar-refractivity contribution in [3.05, 3.63) is 12.3 Å². The van der Waals surface area contributed by atoms with E-state index in [9.17, 15) is 0 Å². The number of rotatable bonds is 16. The fourth-order valence-electron chi connectivity index (χ4n) is 2.56. The zero-order chi connectivity index (χ0) is 14.9. The van der Waals surface area contributed by atoms with Crippen molar-refractivity contribution in [2.45, 2.75) is 96.3 Å². The van der Waals surface area contributed by atoms with Crippen LogP contribution in [0.2, 0.25) is 0 Å². The van der Waals surface area contributed by atoms with Crippen molar-refractivity contribution in [2.75, 3.05) is 6.61 Å². The van der Waals surface area contributed by atoms with E-state index in [0.29, 0.717) is 12.4 Å². The lowest BCUT2D eigenvalue weighted by molar-refractivity contribution is 0.282. The first-order chi connectivity index (χ1) is 9.77. The SMILES string of the molecule is C=C(O)CCCCCCCCCCCCCCCCO. The summed E-state index contributed by atoms with van der Waals surface area (Å²) >= 11 is 0. The van der Waals surface area contributed by atoms with E-state index in [-0.39, 0.29) is 0 Å². The number of allylic oxidation sites excluding steroid dienone is 1. The molecule has 0 radical (unpaired) electrons. The van der Waals surface area contributed by atoms with Gasteiger partial charge in [0, 0.05) is 13.0 Å². The predicted molar refractivity (Wildman–Crippen MR) is 88.1 cm³/mol. The number of aliphatic hydroxyl groups excluding tert-OH is 2. The molecule has 0 rings (SSSR count). The van der Waals surface area contributed by atoms with Crippen LogP contribution in [-0.4, -0.2) is 16.8 Å². The summed E-state index contributed by atoms with van der Waals surface area (Å²) in [5.41, 5.74) is 0. The normalized spacial score (nSPS) is 10.8. The van der Waals surface area contributed by atoms with Gasteiger partial charge in [0.1, 0.15) is 0 Å². The van der Waals surface area contributed by atoms with Gasteiger partial charge in [-0.15, -0.1) is 0 Å². The Bertz CT molecular complexity index is 202.